The van der Waals surface area contributed by atoms with Crippen LogP contribution in [0.5, 0.6) is 0 Å². The van der Waals surface area contributed by atoms with Crippen molar-refractivity contribution in [3.05, 3.63) is 48.0 Å². The molecule has 4 nitrogen and oxygen atoms in total. The first-order chi connectivity index (χ1) is 11.0. The van der Waals surface area contributed by atoms with E-state index in [9.17, 15) is 14.3 Å². The van der Waals surface area contributed by atoms with E-state index in [0.717, 1.165) is 30.7 Å². The first-order valence-corrected chi connectivity index (χ1v) is 7.86. The molecule has 23 heavy (non-hydrogen) atoms. The molecule has 3 rings (SSSR count). The number of nitrogens with zero attached hydrogens (tertiary/aromatic N) is 1. The second-order valence-electron chi connectivity index (χ2n) is 6.07. The highest BCUT2D eigenvalue weighted by molar-refractivity contribution is 5.71. The molecule has 1 fully saturated rings. The molecule has 0 amide bonds. The number of hydrogen-bond donors (Lipinski definition) is 1. The number of hydrogen-bond acceptors (Lipinski definition) is 3. The maximum Gasteiger partial charge on any atom is 0.308 e. The van der Waals surface area contributed by atoms with Gasteiger partial charge >= 0.3 is 5.97 Å². The van der Waals surface area contributed by atoms with Crippen molar-refractivity contribution >= 4 is 5.97 Å². The van der Waals surface area contributed by atoms with Crippen molar-refractivity contribution in [2.24, 2.45) is 5.92 Å². The number of carboxylic acid groups (broad SMARTS) is 1. The largest absolute Gasteiger partial charge is 0.481 e. The van der Waals surface area contributed by atoms with Gasteiger partial charge in [0.15, 0.2) is 0 Å². The lowest BCUT2D eigenvalue weighted by molar-refractivity contribution is -0.145. The number of carboxylic acids is 1. The van der Waals surface area contributed by atoms with Gasteiger partial charge in [0.25, 0.3) is 0 Å². The Kier molecular flexibility index (Phi) is 4.48. The molecule has 0 unspecified atom stereocenters. The van der Waals surface area contributed by atoms with Gasteiger partial charge in [-0.25, -0.2) is 4.39 Å². The highest BCUT2D eigenvalue weighted by atomic mass is 19.1. The Hall–Kier alpha value is -2.14. The molecular formula is C18H20FNO3. The smallest absolute Gasteiger partial charge is 0.308 e. The molecule has 2 atom stereocenters. The van der Waals surface area contributed by atoms with Gasteiger partial charge in [0.05, 0.1) is 12.5 Å². The van der Waals surface area contributed by atoms with Gasteiger partial charge in [-0.2, -0.15) is 0 Å². The van der Waals surface area contributed by atoms with Crippen molar-refractivity contribution < 1.29 is 18.7 Å². The van der Waals surface area contributed by atoms with Gasteiger partial charge in [-0.05, 0) is 62.7 Å². The average molecular weight is 317 g/mol. The van der Waals surface area contributed by atoms with Crippen LogP contribution >= 0.6 is 0 Å². The molecule has 1 aliphatic heterocycles. The Labute approximate surface area is 134 Å². The number of carbonyl (C=O) groups is 1. The van der Waals surface area contributed by atoms with Gasteiger partial charge in [0.1, 0.15) is 17.3 Å². The third-order valence-corrected chi connectivity index (χ3v) is 4.59. The summed E-state index contributed by atoms with van der Waals surface area (Å²) in [6.45, 7) is 3.42. The molecule has 2 heterocycles. The SMILES string of the molecule is C[C@@H]1[C@H](C(=O)O)CCCN1Cc1ccc(-c2ccc(F)cc2)o1. The van der Waals surface area contributed by atoms with E-state index in [2.05, 4.69) is 4.90 Å². The Bertz CT molecular complexity index is 680. The fraction of sp³-hybridized carbons (Fsp3) is 0.389. The lowest BCUT2D eigenvalue weighted by Gasteiger charge is -2.36. The lowest BCUT2D eigenvalue weighted by Crippen LogP contribution is -2.45. The van der Waals surface area contributed by atoms with Crippen molar-refractivity contribution in [2.75, 3.05) is 6.54 Å². The second kappa shape index (κ2) is 6.54. The molecule has 0 radical (unpaired) electrons. The second-order valence-corrected chi connectivity index (χ2v) is 6.07. The molecule has 0 spiro atoms. The number of benzene rings is 1. The molecule has 122 valence electrons. The topological polar surface area (TPSA) is 53.7 Å². The Morgan fingerprint density at radius 3 is 2.74 bits per heavy atom. The summed E-state index contributed by atoms with van der Waals surface area (Å²) in [7, 11) is 0. The zero-order valence-electron chi connectivity index (χ0n) is 13.0. The number of piperidine rings is 1. The zero-order valence-corrected chi connectivity index (χ0v) is 13.0. The summed E-state index contributed by atoms with van der Waals surface area (Å²) in [6.07, 6.45) is 1.61. The summed E-state index contributed by atoms with van der Waals surface area (Å²) in [6, 6.07) is 9.93. The van der Waals surface area contributed by atoms with E-state index in [1.165, 1.54) is 12.1 Å². The van der Waals surface area contributed by atoms with Crippen molar-refractivity contribution in [1.29, 1.82) is 0 Å². The maximum atomic E-state index is 13.0. The van der Waals surface area contributed by atoms with Crippen LogP contribution in [0.15, 0.2) is 40.8 Å². The Balaban J connectivity index is 1.71. The summed E-state index contributed by atoms with van der Waals surface area (Å²) in [5.41, 5.74) is 0.827. The van der Waals surface area contributed by atoms with Crippen LogP contribution in [0, 0.1) is 11.7 Å². The van der Waals surface area contributed by atoms with E-state index < -0.39 is 5.97 Å². The van der Waals surface area contributed by atoms with E-state index >= 15 is 0 Å². The minimum Gasteiger partial charge on any atom is -0.481 e. The number of furan rings is 1. The number of rotatable bonds is 4. The summed E-state index contributed by atoms with van der Waals surface area (Å²) in [5.74, 6) is 0.160. The van der Waals surface area contributed by atoms with Crippen LogP contribution in [0.3, 0.4) is 0 Å². The third kappa shape index (κ3) is 3.45. The molecule has 2 aromatic rings. The van der Waals surface area contributed by atoms with E-state index in [-0.39, 0.29) is 17.8 Å². The van der Waals surface area contributed by atoms with Crippen molar-refractivity contribution in [1.82, 2.24) is 4.90 Å². The number of aliphatic carboxylic acids is 1. The van der Waals surface area contributed by atoms with Crippen LogP contribution in [0.4, 0.5) is 4.39 Å². The number of likely N-dealkylation sites (tertiary alicyclic amines) is 1. The van der Waals surface area contributed by atoms with Gasteiger partial charge < -0.3 is 9.52 Å². The highest BCUT2D eigenvalue weighted by Gasteiger charge is 2.33. The molecule has 1 aromatic carbocycles. The van der Waals surface area contributed by atoms with Crippen LogP contribution in [-0.4, -0.2) is 28.6 Å². The summed E-state index contributed by atoms with van der Waals surface area (Å²) < 4.78 is 18.8. The third-order valence-electron chi connectivity index (χ3n) is 4.59. The van der Waals surface area contributed by atoms with Crippen LogP contribution in [-0.2, 0) is 11.3 Å². The van der Waals surface area contributed by atoms with Gasteiger partial charge in [0.2, 0.25) is 0 Å². The van der Waals surface area contributed by atoms with Gasteiger partial charge in [-0.3, -0.25) is 9.69 Å². The summed E-state index contributed by atoms with van der Waals surface area (Å²) in [4.78, 5) is 13.4. The average Bonchev–Trinajstić information content (AvgIpc) is 2.98. The molecule has 1 N–H and O–H groups in total. The Morgan fingerprint density at radius 1 is 1.30 bits per heavy atom. The van der Waals surface area contributed by atoms with Crippen molar-refractivity contribution in [2.45, 2.75) is 32.4 Å². The molecule has 0 saturated carbocycles. The molecule has 5 heteroatoms. The molecular weight excluding hydrogens is 297 g/mol. The molecule has 0 aliphatic carbocycles. The first kappa shape index (κ1) is 15.7. The van der Waals surface area contributed by atoms with E-state index in [1.54, 1.807) is 12.1 Å². The molecule has 0 bridgehead atoms. The highest BCUT2D eigenvalue weighted by Crippen LogP contribution is 2.27. The monoisotopic (exact) mass is 317 g/mol. The minimum absolute atomic E-state index is 0.0133. The van der Waals surface area contributed by atoms with Gasteiger partial charge in [0, 0.05) is 11.6 Å². The standard InChI is InChI=1S/C18H20FNO3/c1-12-16(18(21)22)3-2-10-20(12)11-15-8-9-17(23-15)13-4-6-14(19)7-5-13/h4-9,12,16H,2-3,10-11H2,1H3,(H,21,22)/t12-,16-/m1/s1. The van der Waals surface area contributed by atoms with Crippen LogP contribution in [0.25, 0.3) is 11.3 Å². The molecule has 1 aromatic heterocycles. The zero-order chi connectivity index (χ0) is 16.4. The fourth-order valence-electron chi connectivity index (χ4n) is 3.20. The van der Waals surface area contributed by atoms with Crippen molar-refractivity contribution in [3.63, 3.8) is 0 Å². The number of halogens is 1. The van der Waals surface area contributed by atoms with Gasteiger partial charge in [-0.15, -0.1) is 0 Å². The normalized spacial score (nSPS) is 22.2. The molecule has 1 aliphatic rings. The fourth-order valence-corrected chi connectivity index (χ4v) is 3.20. The maximum absolute atomic E-state index is 13.0. The van der Waals surface area contributed by atoms with E-state index in [4.69, 9.17) is 4.42 Å². The van der Waals surface area contributed by atoms with Crippen molar-refractivity contribution in [3.8, 4) is 11.3 Å². The minimum atomic E-state index is -0.728. The van der Waals surface area contributed by atoms with Crippen LogP contribution < -0.4 is 0 Å². The first-order valence-electron chi connectivity index (χ1n) is 7.86. The van der Waals surface area contributed by atoms with Gasteiger partial charge in [-0.1, -0.05) is 0 Å². The Morgan fingerprint density at radius 2 is 2.04 bits per heavy atom. The quantitative estimate of drug-likeness (QED) is 0.932. The molecule has 1 saturated heterocycles. The van der Waals surface area contributed by atoms with Crippen LogP contribution in [0.1, 0.15) is 25.5 Å². The summed E-state index contributed by atoms with van der Waals surface area (Å²) in [5, 5.41) is 9.29. The summed E-state index contributed by atoms with van der Waals surface area (Å²) >= 11 is 0. The predicted octanol–water partition coefficient (Wildman–Crippen LogP) is 3.77. The van der Waals surface area contributed by atoms with Crippen LogP contribution in [0.2, 0.25) is 0 Å². The van der Waals surface area contributed by atoms with E-state index in [1.807, 2.05) is 19.1 Å². The predicted molar refractivity (Wildman–Crippen MR) is 84.3 cm³/mol. The lowest BCUT2D eigenvalue weighted by atomic mass is 9.90. The van der Waals surface area contributed by atoms with E-state index in [0.29, 0.717) is 12.3 Å².